The third kappa shape index (κ3) is 9.24. The molecule has 1 aliphatic heterocycles. The van der Waals surface area contributed by atoms with Crippen LogP contribution in [0, 0.1) is 0 Å². The van der Waals surface area contributed by atoms with Gasteiger partial charge in [0.1, 0.15) is 5.75 Å². The van der Waals surface area contributed by atoms with Crippen LogP contribution in [0.15, 0.2) is 61.2 Å². The van der Waals surface area contributed by atoms with E-state index >= 15 is 0 Å². The van der Waals surface area contributed by atoms with E-state index in [-0.39, 0.29) is 12.2 Å². The number of hydrogen-bond donors (Lipinski definition) is 3. The van der Waals surface area contributed by atoms with E-state index in [0.29, 0.717) is 31.3 Å². The van der Waals surface area contributed by atoms with E-state index in [1.807, 2.05) is 42.5 Å². The van der Waals surface area contributed by atoms with Gasteiger partial charge in [0.05, 0.1) is 6.54 Å². The number of nitrogens with zero attached hydrogens (tertiary/aromatic N) is 5. The number of aromatic nitrogens is 4. The number of carbonyl (C=O) groups is 1. The Morgan fingerprint density at radius 3 is 2.69 bits per heavy atom. The number of hydrogen-bond acceptors (Lipinski definition) is 7. The normalized spacial score (nSPS) is 15.6. The number of nitrogens with one attached hydrogen (secondary N) is 1. The van der Waals surface area contributed by atoms with Gasteiger partial charge < -0.3 is 15.5 Å². The molecule has 0 amide bonds. The SMILES string of the molecule is C=CCN1CCNC(C)C1.O=C(O)CCCCn1nnc(-c2ccc(Cc3cccc(O)c3)cc2)n1. The molecule has 1 atom stereocenters. The molecule has 0 bridgehead atoms. The molecule has 3 N–H and O–H groups in total. The van der Waals surface area contributed by atoms with E-state index in [4.69, 9.17) is 5.11 Å². The van der Waals surface area contributed by atoms with Crippen molar-refractivity contribution in [1.29, 1.82) is 0 Å². The fraction of sp³-hybridized carbons (Fsp3) is 0.407. The summed E-state index contributed by atoms with van der Waals surface area (Å²) in [5.41, 5.74) is 3.05. The zero-order valence-electron chi connectivity index (χ0n) is 20.9. The van der Waals surface area contributed by atoms with Crippen LogP contribution in [0.1, 0.15) is 37.3 Å². The van der Waals surface area contributed by atoms with Crippen LogP contribution < -0.4 is 5.32 Å². The first-order valence-electron chi connectivity index (χ1n) is 12.4. The lowest BCUT2D eigenvalue weighted by molar-refractivity contribution is -0.137. The molecule has 1 aromatic heterocycles. The average molecular weight is 493 g/mol. The minimum Gasteiger partial charge on any atom is -0.508 e. The Hall–Kier alpha value is -3.56. The van der Waals surface area contributed by atoms with Gasteiger partial charge in [0.2, 0.25) is 5.82 Å². The van der Waals surface area contributed by atoms with Gasteiger partial charge in [-0.15, -0.1) is 16.8 Å². The number of benzene rings is 2. The highest BCUT2D eigenvalue weighted by Crippen LogP contribution is 2.18. The summed E-state index contributed by atoms with van der Waals surface area (Å²) in [6.07, 6.45) is 4.15. The number of aromatic hydroxyl groups is 1. The number of phenols is 1. The lowest BCUT2D eigenvalue weighted by atomic mass is 10.0. The van der Waals surface area contributed by atoms with Crippen molar-refractivity contribution in [2.24, 2.45) is 0 Å². The van der Waals surface area contributed by atoms with Gasteiger partial charge in [-0.3, -0.25) is 9.69 Å². The molecular weight excluding hydrogens is 456 g/mol. The molecule has 9 nitrogen and oxygen atoms in total. The lowest BCUT2D eigenvalue weighted by Gasteiger charge is -2.30. The van der Waals surface area contributed by atoms with Gasteiger partial charge in [-0.25, -0.2) is 0 Å². The molecule has 1 saturated heterocycles. The molecule has 0 spiro atoms. The van der Waals surface area contributed by atoms with Crippen LogP contribution in [-0.4, -0.2) is 73.5 Å². The third-order valence-electron chi connectivity index (χ3n) is 5.82. The third-order valence-corrected chi connectivity index (χ3v) is 5.82. The standard InChI is InChI=1S/C19H20N4O3.C8H16N2/c24-17-5-3-4-15(13-17)12-14-7-9-16(10-8-14)19-20-22-23(21-19)11-2-1-6-18(25)26;1-3-5-10-6-4-9-8(2)7-10/h3-5,7-10,13,24H,1-2,6,11-12H2,(H,25,26);3,8-9H,1,4-7H2,2H3. The van der Waals surface area contributed by atoms with Gasteiger partial charge >= 0.3 is 5.97 Å². The number of phenolic OH excluding ortho intramolecular Hbond substituents is 1. The predicted octanol–water partition coefficient (Wildman–Crippen LogP) is 3.36. The molecule has 1 unspecified atom stereocenters. The smallest absolute Gasteiger partial charge is 0.303 e. The topological polar surface area (TPSA) is 116 Å². The fourth-order valence-corrected chi connectivity index (χ4v) is 4.02. The second kappa shape index (κ2) is 14.1. The van der Waals surface area contributed by atoms with Crippen molar-refractivity contribution in [3.8, 4) is 17.1 Å². The molecule has 1 aliphatic rings. The summed E-state index contributed by atoms with van der Waals surface area (Å²) in [6, 6.07) is 15.8. The van der Waals surface area contributed by atoms with Crippen LogP contribution in [0.3, 0.4) is 0 Å². The largest absolute Gasteiger partial charge is 0.508 e. The van der Waals surface area contributed by atoms with Crippen molar-refractivity contribution in [2.75, 3.05) is 26.2 Å². The zero-order chi connectivity index (χ0) is 25.8. The molecule has 2 heterocycles. The molecular formula is C27H36N6O3. The summed E-state index contributed by atoms with van der Waals surface area (Å²) in [7, 11) is 0. The molecule has 36 heavy (non-hydrogen) atoms. The Balaban J connectivity index is 0.000000303. The first kappa shape index (κ1) is 27.0. The molecule has 192 valence electrons. The number of aryl methyl sites for hydroxylation is 1. The molecule has 1 fully saturated rings. The molecule has 2 aromatic carbocycles. The molecule has 0 saturated carbocycles. The first-order chi connectivity index (χ1) is 17.4. The Morgan fingerprint density at radius 2 is 2.00 bits per heavy atom. The minimum atomic E-state index is -0.789. The van der Waals surface area contributed by atoms with E-state index in [9.17, 15) is 9.90 Å². The second-order valence-electron chi connectivity index (χ2n) is 9.01. The Kier molecular flexibility index (Phi) is 10.6. The quantitative estimate of drug-likeness (QED) is 0.291. The van der Waals surface area contributed by atoms with Gasteiger partial charge in [-0.2, -0.15) is 4.80 Å². The maximum atomic E-state index is 10.5. The zero-order valence-corrected chi connectivity index (χ0v) is 20.9. The van der Waals surface area contributed by atoms with Crippen molar-refractivity contribution < 1.29 is 15.0 Å². The number of carboxylic acid groups (broad SMARTS) is 1. The Morgan fingerprint density at radius 1 is 1.19 bits per heavy atom. The second-order valence-corrected chi connectivity index (χ2v) is 9.01. The monoisotopic (exact) mass is 492 g/mol. The molecule has 9 heteroatoms. The van der Waals surface area contributed by atoms with Crippen molar-refractivity contribution in [3.63, 3.8) is 0 Å². The number of piperazine rings is 1. The van der Waals surface area contributed by atoms with Crippen molar-refractivity contribution >= 4 is 5.97 Å². The number of aliphatic carboxylic acids is 1. The van der Waals surface area contributed by atoms with Gasteiger partial charge in [-0.1, -0.05) is 42.5 Å². The van der Waals surface area contributed by atoms with E-state index in [1.54, 1.807) is 12.1 Å². The highest BCUT2D eigenvalue weighted by Gasteiger charge is 2.13. The van der Waals surface area contributed by atoms with E-state index in [2.05, 4.69) is 39.1 Å². The number of tetrazole rings is 1. The van der Waals surface area contributed by atoms with Crippen LogP contribution in [0.5, 0.6) is 5.75 Å². The van der Waals surface area contributed by atoms with Crippen LogP contribution in [0.25, 0.3) is 11.4 Å². The van der Waals surface area contributed by atoms with Crippen molar-refractivity contribution in [2.45, 2.75) is 45.2 Å². The predicted molar refractivity (Wildman–Crippen MR) is 140 cm³/mol. The number of carboxylic acids is 1. The van der Waals surface area contributed by atoms with Crippen molar-refractivity contribution in [1.82, 2.24) is 30.4 Å². The molecule has 0 aliphatic carbocycles. The fourth-order valence-electron chi connectivity index (χ4n) is 4.02. The average Bonchev–Trinajstić information content (AvgIpc) is 3.32. The summed E-state index contributed by atoms with van der Waals surface area (Å²) in [6.45, 7) is 11.0. The molecule has 4 rings (SSSR count). The highest BCUT2D eigenvalue weighted by atomic mass is 16.4. The van der Waals surface area contributed by atoms with Gasteiger partial charge in [0, 0.05) is 44.2 Å². The number of rotatable bonds is 10. The van der Waals surface area contributed by atoms with Crippen LogP contribution >= 0.6 is 0 Å². The number of unbranched alkanes of at least 4 members (excludes halogenated alkanes) is 1. The summed E-state index contributed by atoms with van der Waals surface area (Å²) in [4.78, 5) is 14.4. The van der Waals surface area contributed by atoms with Gasteiger partial charge in [-0.05, 0) is 54.7 Å². The van der Waals surface area contributed by atoms with Gasteiger partial charge in [0.25, 0.3) is 0 Å². The summed E-state index contributed by atoms with van der Waals surface area (Å²) >= 11 is 0. The lowest BCUT2D eigenvalue weighted by Crippen LogP contribution is -2.49. The molecule has 3 aromatic rings. The van der Waals surface area contributed by atoms with E-state index in [1.165, 1.54) is 4.80 Å². The highest BCUT2D eigenvalue weighted by molar-refractivity contribution is 5.66. The summed E-state index contributed by atoms with van der Waals surface area (Å²) in [5.74, 6) is 0.0264. The Bertz CT molecular complexity index is 1100. The van der Waals surface area contributed by atoms with E-state index in [0.717, 1.165) is 49.3 Å². The summed E-state index contributed by atoms with van der Waals surface area (Å²) in [5, 5.41) is 34.0. The van der Waals surface area contributed by atoms with Gasteiger partial charge in [0.15, 0.2) is 0 Å². The van der Waals surface area contributed by atoms with E-state index < -0.39 is 5.97 Å². The maximum absolute atomic E-state index is 10.5. The van der Waals surface area contributed by atoms with Crippen LogP contribution in [-0.2, 0) is 17.8 Å². The van der Waals surface area contributed by atoms with Crippen molar-refractivity contribution in [3.05, 3.63) is 72.3 Å². The van der Waals surface area contributed by atoms with Crippen LogP contribution in [0.4, 0.5) is 0 Å². The summed E-state index contributed by atoms with van der Waals surface area (Å²) < 4.78 is 0. The Labute approximate surface area is 212 Å². The molecule has 0 radical (unpaired) electrons. The first-order valence-corrected chi connectivity index (χ1v) is 12.4. The van der Waals surface area contributed by atoms with Crippen LogP contribution in [0.2, 0.25) is 0 Å². The maximum Gasteiger partial charge on any atom is 0.303 e. The minimum absolute atomic E-state index is 0.155.